The van der Waals surface area contributed by atoms with Crippen molar-refractivity contribution in [2.24, 2.45) is 0 Å². The fourth-order valence-corrected chi connectivity index (χ4v) is 2.02. The summed E-state index contributed by atoms with van der Waals surface area (Å²) in [5, 5.41) is 11.8. The summed E-state index contributed by atoms with van der Waals surface area (Å²) in [6, 6.07) is 0. The summed E-state index contributed by atoms with van der Waals surface area (Å²) in [4.78, 5) is 4.56. The summed E-state index contributed by atoms with van der Waals surface area (Å²) >= 11 is 0. The van der Waals surface area contributed by atoms with Gasteiger partial charge >= 0.3 is 0 Å². The van der Waals surface area contributed by atoms with E-state index in [2.05, 4.69) is 27.2 Å². The highest BCUT2D eigenvalue weighted by molar-refractivity contribution is 5.56. The van der Waals surface area contributed by atoms with E-state index in [4.69, 9.17) is 0 Å². The number of aryl methyl sites for hydroxylation is 2. The number of hydrogen-bond donors (Lipinski definition) is 1. The molecule has 0 radical (unpaired) electrons. The number of aromatic nitrogens is 5. The van der Waals surface area contributed by atoms with Crippen molar-refractivity contribution in [3.8, 4) is 11.4 Å². The zero-order valence-electron chi connectivity index (χ0n) is 10.3. The molecule has 1 N–H and O–H groups in total. The van der Waals surface area contributed by atoms with Gasteiger partial charge in [0, 0.05) is 18.7 Å². The van der Waals surface area contributed by atoms with E-state index in [1.807, 2.05) is 17.8 Å². The fourth-order valence-electron chi connectivity index (χ4n) is 2.02. The van der Waals surface area contributed by atoms with Gasteiger partial charge in [0.05, 0.1) is 11.3 Å². The first-order chi connectivity index (χ1) is 8.28. The Balaban J connectivity index is 1.90. The molecule has 5 heteroatoms. The molecule has 0 amide bonds. The van der Waals surface area contributed by atoms with Crippen molar-refractivity contribution < 1.29 is 0 Å². The Labute approximate surface area is 100 Å². The van der Waals surface area contributed by atoms with Gasteiger partial charge in [-0.2, -0.15) is 10.2 Å². The maximum atomic E-state index is 4.56. The van der Waals surface area contributed by atoms with E-state index < -0.39 is 0 Å². The lowest BCUT2D eigenvalue weighted by atomic mass is 10.2. The first-order valence-electron chi connectivity index (χ1n) is 6.24. The smallest absolute Gasteiger partial charge is 0.184 e. The molecule has 90 valence electrons. The molecule has 2 aromatic rings. The Morgan fingerprint density at radius 3 is 3.00 bits per heavy atom. The Bertz CT molecular complexity index is 521. The molecule has 17 heavy (non-hydrogen) atoms. The van der Waals surface area contributed by atoms with E-state index in [1.54, 1.807) is 0 Å². The van der Waals surface area contributed by atoms with Gasteiger partial charge < -0.3 is 0 Å². The highest BCUT2D eigenvalue weighted by atomic mass is 15.3. The topological polar surface area (TPSA) is 59.4 Å². The van der Waals surface area contributed by atoms with Crippen LogP contribution in [0.3, 0.4) is 0 Å². The number of rotatable bonds is 4. The SMILES string of the molecule is CCCn1cc(-c2n[nH]c(C3CC3)n2)c(C)n1. The third-order valence-electron chi connectivity index (χ3n) is 3.11. The van der Waals surface area contributed by atoms with Crippen molar-refractivity contribution >= 4 is 0 Å². The minimum absolute atomic E-state index is 0.613. The zero-order valence-corrected chi connectivity index (χ0v) is 10.3. The van der Waals surface area contributed by atoms with Crippen LogP contribution in [0.1, 0.15) is 43.6 Å². The van der Waals surface area contributed by atoms with Gasteiger partial charge in [-0.3, -0.25) is 9.78 Å². The van der Waals surface area contributed by atoms with E-state index >= 15 is 0 Å². The molecule has 1 aliphatic carbocycles. The van der Waals surface area contributed by atoms with E-state index in [-0.39, 0.29) is 0 Å². The predicted octanol–water partition coefficient (Wildman–Crippen LogP) is 2.26. The van der Waals surface area contributed by atoms with Crippen LogP contribution in [0.5, 0.6) is 0 Å². The summed E-state index contributed by atoms with van der Waals surface area (Å²) in [6.45, 7) is 5.10. The van der Waals surface area contributed by atoms with Gasteiger partial charge in [-0.25, -0.2) is 4.98 Å². The normalized spacial score (nSPS) is 15.4. The van der Waals surface area contributed by atoms with Crippen LogP contribution in [0.15, 0.2) is 6.20 Å². The third-order valence-corrected chi connectivity index (χ3v) is 3.11. The summed E-state index contributed by atoms with van der Waals surface area (Å²) < 4.78 is 1.97. The minimum atomic E-state index is 0.613. The first-order valence-corrected chi connectivity index (χ1v) is 6.24. The molecule has 1 saturated carbocycles. The molecule has 3 rings (SSSR count). The van der Waals surface area contributed by atoms with Crippen LogP contribution < -0.4 is 0 Å². The van der Waals surface area contributed by atoms with Crippen LogP contribution in [0.25, 0.3) is 11.4 Å². The standard InChI is InChI=1S/C12H17N5/c1-3-6-17-7-10(8(2)16-17)12-13-11(14-15-12)9-4-5-9/h7,9H,3-6H2,1-2H3,(H,13,14,15). The van der Waals surface area contributed by atoms with Crippen LogP contribution in [-0.2, 0) is 6.54 Å². The van der Waals surface area contributed by atoms with Crippen LogP contribution in [0.2, 0.25) is 0 Å². The number of hydrogen-bond acceptors (Lipinski definition) is 3. The van der Waals surface area contributed by atoms with Crippen molar-refractivity contribution in [3.05, 3.63) is 17.7 Å². The van der Waals surface area contributed by atoms with Crippen molar-refractivity contribution in [1.29, 1.82) is 0 Å². The molecule has 2 heterocycles. The predicted molar refractivity (Wildman–Crippen MR) is 64.6 cm³/mol. The van der Waals surface area contributed by atoms with Crippen molar-refractivity contribution in [2.75, 3.05) is 0 Å². The van der Waals surface area contributed by atoms with Crippen LogP contribution in [0, 0.1) is 6.92 Å². The molecule has 2 aromatic heterocycles. The van der Waals surface area contributed by atoms with Gasteiger partial charge in [0.1, 0.15) is 5.82 Å². The quantitative estimate of drug-likeness (QED) is 0.878. The van der Waals surface area contributed by atoms with Gasteiger partial charge in [-0.1, -0.05) is 6.92 Å². The summed E-state index contributed by atoms with van der Waals surface area (Å²) in [5.41, 5.74) is 2.04. The molecule has 0 unspecified atom stereocenters. The Morgan fingerprint density at radius 1 is 1.47 bits per heavy atom. The average molecular weight is 231 g/mol. The van der Waals surface area contributed by atoms with Crippen LogP contribution >= 0.6 is 0 Å². The fraction of sp³-hybridized carbons (Fsp3) is 0.583. The second-order valence-corrected chi connectivity index (χ2v) is 4.71. The first kappa shape index (κ1) is 10.5. The molecule has 0 bridgehead atoms. The summed E-state index contributed by atoms with van der Waals surface area (Å²) in [5.74, 6) is 2.43. The maximum Gasteiger partial charge on any atom is 0.184 e. The third kappa shape index (κ3) is 1.97. The minimum Gasteiger partial charge on any atom is -0.272 e. The largest absolute Gasteiger partial charge is 0.272 e. The van der Waals surface area contributed by atoms with Crippen LogP contribution in [0.4, 0.5) is 0 Å². The van der Waals surface area contributed by atoms with Crippen LogP contribution in [-0.4, -0.2) is 25.0 Å². The van der Waals surface area contributed by atoms with Crippen molar-refractivity contribution in [1.82, 2.24) is 25.0 Å². The highest BCUT2D eigenvalue weighted by Crippen LogP contribution is 2.38. The maximum absolute atomic E-state index is 4.56. The molecule has 0 spiro atoms. The van der Waals surface area contributed by atoms with Gasteiger partial charge in [-0.05, 0) is 26.2 Å². The number of H-pyrrole nitrogens is 1. The summed E-state index contributed by atoms with van der Waals surface area (Å²) in [6.07, 6.45) is 5.60. The molecule has 1 aliphatic rings. The molecule has 0 atom stereocenters. The second kappa shape index (κ2) is 3.98. The number of nitrogens with one attached hydrogen (secondary N) is 1. The lowest BCUT2D eigenvalue weighted by molar-refractivity contribution is 0.598. The van der Waals surface area contributed by atoms with E-state index in [0.717, 1.165) is 35.9 Å². The van der Waals surface area contributed by atoms with Gasteiger partial charge in [0.25, 0.3) is 0 Å². The van der Waals surface area contributed by atoms with Crippen molar-refractivity contribution in [2.45, 2.75) is 45.6 Å². The lowest BCUT2D eigenvalue weighted by Crippen LogP contribution is -1.96. The molecular weight excluding hydrogens is 214 g/mol. The number of nitrogens with zero attached hydrogens (tertiary/aromatic N) is 4. The summed E-state index contributed by atoms with van der Waals surface area (Å²) in [7, 11) is 0. The van der Waals surface area contributed by atoms with Gasteiger partial charge in [-0.15, -0.1) is 0 Å². The monoisotopic (exact) mass is 231 g/mol. The lowest BCUT2D eigenvalue weighted by Gasteiger charge is -1.94. The number of aromatic amines is 1. The molecule has 0 saturated heterocycles. The van der Waals surface area contributed by atoms with Gasteiger partial charge in [0.15, 0.2) is 5.82 Å². The molecule has 0 aromatic carbocycles. The van der Waals surface area contributed by atoms with Gasteiger partial charge in [0.2, 0.25) is 0 Å². The molecule has 5 nitrogen and oxygen atoms in total. The molecular formula is C12H17N5. The second-order valence-electron chi connectivity index (χ2n) is 4.71. The molecule has 0 aliphatic heterocycles. The van der Waals surface area contributed by atoms with E-state index in [0.29, 0.717) is 5.92 Å². The Hall–Kier alpha value is -1.65. The Morgan fingerprint density at radius 2 is 2.29 bits per heavy atom. The highest BCUT2D eigenvalue weighted by Gasteiger charge is 2.27. The van der Waals surface area contributed by atoms with E-state index in [9.17, 15) is 0 Å². The molecule has 1 fully saturated rings. The zero-order chi connectivity index (χ0) is 11.8. The van der Waals surface area contributed by atoms with E-state index in [1.165, 1.54) is 12.8 Å². The Kier molecular flexibility index (Phi) is 2.46. The van der Waals surface area contributed by atoms with Crippen molar-refractivity contribution in [3.63, 3.8) is 0 Å². The average Bonchev–Trinajstić information content (AvgIpc) is 2.93.